The Morgan fingerprint density at radius 3 is 3.05 bits per heavy atom. The molecule has 5 nitrogen and oxygen atoms in total. The quantitative estimate of drug-likeness (QED) is 0.906. The highest BCUT2D eigenvalue weighted by Crippen LogP contribution is 2.23. The first kappa shape index (κ1) is 13.8. The molecule has 1 aromatic heterocycles. The maximum Gasteiger partial charge on any atom is 0.275 e. The average molecular weight is 323 g/mol. The number of halogens is 1. The van der Waals surface area contributed by atoms with E-state index in [1.54, 1.807) is 17.1 Å². The number of hydrogen-bond donors (Lipinski definition) is 2. The molecule has 0 atom stereocenters. The molecular weight excluding hydrogens is 308 g/mol. The van der Waals surface area contributed by atoms with Crippen molar-refractivity contribution in [2.24, 2.45) is 5.73 Å². The Balaban J connectivity index is 2.13. The fraction of sp³-hybridized carbons (Fsp3) is 0.231. The molecule has 0 saturated carbocycles. The maximum absolute atomic E-state index is 12.1. The van der Waals surface area contributed by atoms with Gasteiger partial charge in [-0.25, -0.2) is 4.98 Å². The highest BCUT2D eigenvalue weighted by molar-refractivity contribution is 9.10. The average Bonchev–Trinajstić information content (AvgIpc) is 2.83. The molecule has 6 heteroatoms. The lowest BCUT2D eigenvalue weighted by molar-refractivity contribution is 0.102. The second-order valence-electron chi connectivity index (χ2n) is 4.22. The van der Waals surface area contributed by atoms with Crippen molar-refractivity contribution in [3.05, 3.63) is 46.5 Å². The molecule has 0 fully saturated rings. The van der Waals surface area contributed by atoms with Gasteiger partial charge >= 0.3 is 0 Å². The third-order valence-corrected chi connectivity index (χ3v) is 3.31. The lowest BCUT2D eigenvalue weighted by atomic mass is 10.2. The third kappa shape index (κ3) is 3.42. The van der Waals surface area contributed by atoms with Gasteiger partial charge in [0.15, 0.2) is 0 Å². The van der Waals surface area contributed by atoms with Gasteiger partial charge in [0.2, 0.25) is 0 Å². The smallest absolute Gasteiger partial charge is 0.275 e. The number of benzene rings is 1. The maximum atomic E-state index is 12.1. The van der Waals surface area contributed by atoms with Crippen molar-refractivity contribution in [1.82, 2.24) is 9.55 Å². The number of nitrogens with two attached hydrogens (primary N) is 1. The first-order valence-corrected chi connectivity index (χ1v) is 6.69. The molecule has 19 heavy (non-hydrogen) atoms. The number of rotatable bonds is 4. The molecule has 3 N–H and O–H groups in total. The van der Waals surface area contributed by atoms with E-state index in [0.717, 1.165) is 15.7 Å². The normalized spacial score (nSPS) is 10.5. The number of aromatic nitrogens is 2. The van der Waals surface area contributed by atoms with Crippen LogP contribution in [-0.4, -0.2) is 22.0 Å². The van der Waals surface area contributed by atoms with Crippen LogP contribution in [0.1, 0.15) is 16.1 Å². The molecule has 1 aromatic carbocycles. The van der Waals surface area contributed by atoms with E-state index >= 15 is 0 Å². The third-order valence-electron chi connectivity index (χ3n) is 2.62. The molecule has 2 aromatic rings. The number of carbonyl (C=O) groups is 1. The van der Waals surface area contributed by atoms with Crippen LogP contribution in [0, 0.1) is 6.92 Å². The van der Waals surface area contributed by atoms with Crippen LogP contribution in [0.5, 0.6) is 0 Å². The number of carbonyl (C=O) groups excluding carboxylic acids is 1. The van der Waals surface area contributed by atoms with Crippen molar-refractivity contribution in [2.45, 2.75) is 13.5 Å². The minimum Gasteiger partial charge on any atom is -0.335 e. The van der Waals surface area contributed by atoms with Gasteiger partial charge in [-0.05, 0) is 40.5 Å². The first-order chi connectivity index (χ1) is 9.10. The lowest BCUT2D eigenvalue weighted by Gasteiger charge is -2.06. The number of nitrogens with one attached hydrogen (secondary N) is 1. The van der Waals surface area contributed by atoms with Gasteiger partial charge in [-0.2, -0.15) is 0 Å². The summed E-state index contributed by atoms with van der Waals surface area (Å²) in [6.45, 7) is 3.13. The Kier molecular flexibility index (Phi) is 4.34. The molecule has 1 heterocycles. The summed E-state index contributed by atoms with van der Waals surface area (Å²) in [6.07, 6.45) is 3.29. The van der Waals surface area contributed by atoms with Gasteiger partial charge < -0.3 is 15.6 Å². The molecule has 0 bridgehead atoms. The van der Waals surface area contributed by atoms with Crippen LogP contribution in [0.3, 0.4) is 0 Å². The van der Waals surface area contributed by atoms with Crippen molar-refractivity contribution in [3.8, 4) is 0 Å². The van der Waals surface area contributed by atoms with E-state index < -0.39 is 0 Å². The molecule has 0 aliphatic rings. The van der Waals surface area contributed by atoms with E-state index in [9.17, 15) is 4.79 Å². The van der Waals surface area contributed by atoms with Gasteiger partial charge in [-0.15, -0.1) is 0 Å². The lowest BCUT2D eigenvalue weighted by Crippen LogP contribution is -2.13. The molecule has 0 unspecified atom stereocenters. The van der Waals surface area contributed by atoms with E-state index in [1.165, 1.54) is 0 Å². The van der Waals surface area contributed by atoms with E-state index in [4.69, 9.17) is 5.73 Å². The summed E-state index contributed by atoms with van der Waals surface area (Å²) in [5.41, 5.74) is 7.64. The second-order valence-corrected chi connectivity index (χ2v) is 5.08. The minimum atomic E-state index is -0.234. The van der Waals surface area contributed by atoms with Gasteiger partial charge in [0, 0.05) is 23.8 Å². The molecular formula is C13H15BrN4O. The zero-order chi connectivity index (χ0) is 13.8. The van der Waals surface area contributed by atoms with E-state index in [2.05, 4.69) is 26.2 Å². The van der Waals surface area contributed by atoms with Gasteiger partial charge in [-0.1, -0.05) is 6.07 Å². The van der Waals surface area contributed by atoms with Crippen molar-refractivity contribution in [2.75, 3.05) is 11.9 Å². The van der Waals surface area contributed by atoms with Crippen molar-refractivity contribution >= 4 is 27.5 Å². The summed E-state index contributed by atoms with van der Waals surface area (Å²) in [5, 5.41) is 2.83. The Morgan fingerprint density at radius 2 is 2.32 bits per heavy atom. The number of nitrogens with zero attached hydrogens (tertiary/aromatic N) is 2. The van der Waals surface area contributed by atoms with Crippen molar-refractivity contribution in [1.29, 1.82) is 0 Å². The van der Waals surface area contributed by atoms with E-state index in [-0.39, 0.29) is 5.91 Å². The predicted molar refractivity (Wildman–Crippen MR) is 78.1 cm³/mol. The van der Waals surface area contributed by atoms with Crippen LogP contribution < -0.4 is 11.1 Å². The summed E-state index contributed by atoms with van der Waals surface area (Å²) in [7, 11) is 0. The molecule has 0 aliphatic carbocycles. The standard InChI is InChI=1S/C13H15BrN4O/c1-9-2-3-10(14)11(6-9)17-13(19)12-7-18(5-4-15)8-16-12/h2-3,6-8H,4-5,15H2,1H3,(H,17,19). The fourth-order valence-corrected chi connectivity index (χ4v) is 2.02. The Bertz CT molecular complexity index is 594. The molecule has 0 radical (unpaired) electrons. The summed E-state index contributed by atoms with van der Waals surface area (Å²) in [6, 6.07) is 5.77. The minimum absolute atomic E-state index is 0.234. The fourth-order valence-electron chi connectivity index (χ4n) is 1.67. The van der Waals surface area contributed by atoms with E-state index in [1.807, 2.05) is 25.1 Å². The van der Waals surface area contributed by atoms with Gasteiger partial charge in [0.25, 0.3) is 5.91 Å². The topological polar surface area (TPSA) is 72.9 Å². The van der Waals surface area contributed by atoms with Crippen LogP contribution >= 0.6 is 15.9 Å². The monoisotopic (exact) mass is 322 g/mol. The zero-order valence-electron chi connectivity index (χ0n) is 10.6. The highest BCUT2D eigenvalue weighted by atomic mass is 79.9. The van der Waals surface area contributed by atoms with Crippen LogP contribution in [0.15, 0.2) is 35.2 Å². The SMILES string of the molecule is Cc1ccc(Br)c(NC(=O)c2cn(CCN)cn2)c1. The van der Waals surface area contributed by atoms with Crippen LogP contribution in [-0.2, 0) is 6.54 Å². The Morgan fingerprint density at radius 1 is 1.53 bits per heavy atom. The molecule has 0 aliphatic heterocycles. The molecule has 0 spiro atoms. The van der Waals surface area contributed by atoms with Gasteiger partial charge in [0.1, 0.15) is 5.69 Å². The molecule has 2 rings (SSSR count). The number of imidazole rings is 1. The van der Waals surface area contributed by atoms with Crippen LogP contribution in [0.2, 0.25) is 0 Å². The first-order valence-electron chi connectivity index (χ1n) is 5.89. The predicted octanol–water partition coefficient (Wildman–Crippen LogP) is 2.17. The number of anilines is 1. The Labute approximate surface area is 120 Å². The van der Waals surface area contributed by atoms with Crippen molar-refractivity contribution < 1.29 is 4.79 Å². The van der Waals surface area contributed by atoms with Crippen molar-refractivity contribution in [3.63, 3.8) is 0 Å². The second kappa shape index (κ2) is 5.99. The largest absolute Gasteiger partial charge is 0.335 e. The Hall–Kier alpha value is -1.66. The van der Waals surface area contributed by atoms with Crippen LogP contribution in [0.4, 0.5) is 5.69 Å². The molecule has 0 saturated heterocycles. The molecule has 100 valence electrons. The summed E-state index contributed by atoms with van der Waals surface area (Å²) < 4.78 is 2.63. The number of hydrogen-bond acceptors (Lipinski definition) is 3. The zero-order valence-corrected chi connectivity index (χ0v) is 12.1. The molecule has 1 amide bonds. The number of aryl methyl sites for hydroxylation is 1. The van der Waals surface area contributed by atoms with Gasteiger partial charge in [-0.3, -0.25) is 4.79 Å². The van der Waals surface area contributed by atoms with Crippen LogP contribution in [0.25, 0.3) is 0 Å². The summed E-state index contributed by atoms with van der Waals surface area (Å²) in [4.78, 5) is 16.1. The van der Waals surface area contributed by atoms with E-state index in [0.29, 0.717) is 18.8 Å². The summed E-state index contributed by atoms with van der Waals surface area (Å²) >= 11 is 3.40. The summed E-state index contributed by atoms with van der Waals surface area (Å²) in [5.74, 6) is -0.234. The highest BCUT2D eigenvalue weighted by Gasteiger charge is 2.11. The van der Waals surface area contributed by atoms with Gasteiger partial charge in [0.05, 0.1) is 12.0 Å². The number of amides is 1.